The predicted molar refractivity (Wildman–Crippen MR) is 110 cm³/mol. The maximum Gasteiger partial charge on any atom is 0.410 e. The van der Waals surface area contributed by atoms with Crippen LogP contribution in [0.1, 0.15) is 78.6 Å². The summed E-state index contributed by atoms with van der Waals surface area (Å²) in [6, 6.07) is 0. The molecule has 1 aliphatic carbocycles. The first kappa shape index (κ1) is 20.9. The van der Waals surface area contributed by atoms with Gasteiger partial charge in [-0.25, -0.2) is 4.79 Å². The number of nitrogens with zero attached hydrogens (tertiary/aromatic N) is 2. The van der Waals surface area contributed by atoms with E-state index in [0.717, 1.165) is 44.6 Å². The fourth-order valence-corrected chi connectivity index (χ4v) is 5.22. The summed E-state index contributed by atoms with van der Waals surface area (Å²) in [5.41, 5.74) is -0.414. The van der Waals surface area contributed by atoms with Gasteiger partial charge in [0.05, 0.1) is 6.17 Å². The van der Waals surface area contributed by atoms with Gasteiger partial charge in [0, 0.05) is 26.2 Å². The van der Waals surface area contributed by atoms with Crippen LogP contribution < -0.4 is 5.32 Å². The molecule has 2 aliphatic heterocycles. The van der Waals surface area contributed by atoms with Crippen molar-refractivity contribution in [1.29, 1.82) is 0 Å². The average molecular weight is 380 g/mol. The topological polar surface area (TPSA) is 44.8 Å². The summed E-state index contributed by atoms with van der Waals surface area (Å²) in [7, 11) is 0. The molecule has 3 aliphatic rings. The summed E-state index contributed by atoms with van der Waals surface area (Å²) in [6.07, 6.45) is 13.0. The number of rotatable bonds is 2. The van der Waals surface area contributed by atoms with Crippen molar-refractivity contribution in [2.24, 2.45) is 11.8 Å². The van der Waals surface area contributed by atoms with Gasteiger partial charge < -0.3 is 15.0 Å². The number of hydrogen-bond acceptors (Lipinski definition) is 4. The third-order valence-corrected chi connectivity index (χ3v) is 6.59. The Morgan fingerprint density at radius 1 is 0.889 bits per heavy atom. The van der Waals surface area contributed by atoms with Crippen LogP contribution in [0, 0.1) is 11.8 Å². The minimum atomic E-state index is -0.414. The van der Waals surface area contributed by atoms with Gasteiger partial charge in [0.25, 0.3) is 0 Å². The van der Waals surface area contributed by atoms with Crippen molar-refractivity contribution in [2.75, 3.05) is 32.7 Å². The molecular weight excluding hydrogens is 338 g/mol. The van der Waals surface area contributed by atoms with Crippen molar-refractivity contribution in [1.82, 2.24) is 15.1 Å². The van der Waals surface area contributed by atoms with Crippen LogP contribution in [0.2, 0.25) is 0 Å². The van der Waals surface area contributed by atoms with Gasteiger partial charge in [-0.05, 0) is 52.0 Å². The van der Waals surface area contributed by atoms with Crippen LogP contribution in [0.15, 0.2) is 0 Å². The quantitative estimate of drug-likeness (QED) is 0.780. The summed E-state index contributed by atoms with van der Waals surface area (Å²) < 4.78 is 5.55. The van der Waals surface area contributed by atoms with Gasteiger partial charge in [0.1, 0.15) is 5.60 Å². The number of piperazine rings is 1. The van der Waals surface area contributed by atoms with Crippen molar-refractivity contribution >= 4 is 6.09 Å². The number of hydrogen-bond donors (Lipinski definition) is 1. The highest BCUT2D eigenvalue weighted by molar-refractivity contribution is 5.68. The minimum absolute atomic E-state index is 0.157. The van der Waals surface area contributed by atoms with Crippen LogP contribution in [0.4, 0.5) is 4.79 Å². The smallest absolute Gasteiger partial charge is 0.410 e. The zero-order chi connectivity index (χ0) is 19.3. The van der Waals surface area contributed by atoms with Crippen molar-refractivity contribution in [2.45, 2.75) is 90.3 Å². The Morgan fingerprint density at radius 3 is 2.15 bits per heavy atom. The van der Waals surface area contributed by atoms with E-state index < -0.39 is 5.60 Å². The van der Waals surface area contributed by atoms with E-state index in [9.17, 15) is 4.79 Å². The maximum atomic E-state index is 12.3. The Labute approximate surface area is 166 Å². The van der Waals surface area contributed by atoms with E-state index in [1.807, 2.05) is 25.7 Å². The van der Waals surface area contributed by atoms with Crippen LogP contribution in [-0.4, -0.2) is 60.4 Å². The van der Waals surface area contributed by atoms with Gasteiger partial charge in [0.2, 0.25) is 0 Å². The lowest BCUT2D eigenvalue weighted by Crippen LogP contribution is -2.61. The lowest BCUT2D eigenvalue weighted by atomic mass is 9.76. The third kappa shape index (κ3) is 6.08. The largest absolute Gasteiger partial charge is 0.444 e. The number of ether oxygens (including phenoxy) is 1. The van der Waals surface area contributed by atoms with Crippen LogP contribution in [0.5, 0.6) is 0 Å². The lowest BCUT2D eigenvalue weighted by Gasteiger charge is -2.47. The molecule has 0 aromatic heterocycles. The molecule has 2 saturated heterocycles. The van der Waals surface area contributed by atoms with Gasteiger partial charge in [-0.2, -0.15) is 0 Å². The monoisotopic (exact) mass is 379 g/mol. The van der Waals surface area contributed by atoms with Crippen molar-refractivity contribution in [3.63, 3.8) is 0 Å². The van der Waals surface area contributed by atoms with E-state index in [4.69, 9.17) is 4.74 Å². The summed E-state index contributed by atoms with van der Waals surface area (Å²) in [4.78, 5) is 16.8. The molecule has 2 heterocycles. The van der Waals surface area contributed by atoms with Crippen LogP contribution in [-0.2, 0) is 4.74 Å². The van der Waals surface area contributed by atoms with Gasteiger partial charge in [0.15, 0.2) is 0 Å². The second kappa shape index (κ2) is 9.60. The summed E-state index contributed by atoms with van der Waals surface area (Å²) in [5.74, 6) is 1.66. The van der Waals surface area contributed by atoms with Crippen LogP contribution >= 0.6 is 0 Å². The Morgan fingerprint density at radius 2 is 1.52 bits per heavy atom. The Hall–Kier alpha value is -0.810. The Bertz CT molecular complexity index is 461. The molecule has 0 aromatic carbocycles. The molecule has 5 heteroatoms. The molecule has 0 spiro atoms. The number of amides is 1. The van der Waals surface area contributed by atoms with Crippen molar-refractivity contribution in [3.05, 3.63) is 0 Å². The zero-order valence-electron chi connectivity index (χ0n) is 17.8. The first-order valence-corrected chi connectivity index (χ1v) is 11.4. The molecule has 1 saturated carbocycles. The fraction of sp³-hybridized carbons (Fsp3) is 0.955. The van der Waals surface area contributed by atoms with Gasteiger partial charge in [-0.3, -0.25) is 4.90 Å². The molecule has 0 radical (unpaired) electrons. The second-order valence-electron chi connectivity index (χ2n) is 9.81. The van der Waals surface area contributed by atoms with Crippen LogP contribution in [0.25, 0.3) is 0 Å². The van der Waals surface area contributed by atoms with Crippen molar-refractivity contribution in [3.8, 4) is 0 Å². The van der Waals surface area contributed by atoms with Gasteiger partial charge in [-0.1, -0.05) is 44.9 Å². The second-order valence-corrected chi connectivity index (χ2v) is 9.81. The number of nitrogens with one attached hydrogen (secondary N) is 1. The van der Waals surface area contributed by atoms with E-state index in [0.29, 0.717) is 6.17 Å². The molecule has 0 aromatic rings. The predicted octanol–water partition coefficient (Wildman–Crippen LogP) is 4.23. The molecule has 27 heavy (non-hydrogen) atoms. The maximum absolute atomic E-state index is 12.3. The average Bonchev–Trinajstić information content (AvgIpc) is 2.60. The van der Waals surface area contributed by atoms with Crippen molar-refractivity contribution < 1.29 is 9.53 Å². The molecule has 0 bridgehead atoms. The number of piperidine rings is 1. The van der Waals surface area contributed by atoms with Crippen LogP contribution in [0.3, 0.4) is 0 Å². The molecule has 2 atom stereocenters. The Balaban J connectivity index is 1.55. The molecule has 1 amide bonds. The summed E-state index contributed by atoms with van der Waals surface area (Å²) in [6.45, 7) is 10.4. The third-order valence-electron chi connectivity index (χ3n) is 6.59. The summed E-state index contributed by atoms with van der Waals surface area (Å²) in [5, 5.41) is 3.85. The van der Waals surface area contributed by atoms with E-state index in [1.165, 1.54) is 57.8 Å². The van der Waals surface area contributed by atoms with E-state index in [2.05, 4.69) is 10.2 Å². The SMILES string of the molecule is CC(C)(C)OC(=O)N1CCN(C2NCCCC2C2CCCCCCC2)CC1. The van der Waals surface area contributed by atoms with Gasteiger partial charge in [-0.15, -0.1) is 0 Å². The zero-order valence-corrected chi connectivity index (χ0v) is 17.8. The first-order valence-electron chi connectivity index (χ1n) is 11.4. The Kier molecular flexibility index (Phi) is 7.43. The first-order chi connectivity index (χ1) is 12.9. The van der Waals surface area contributed by atoms with E-state index >= 15 is 0 Å². The lowest BCUT2D eigenvalue weighted by molar-refractivity contribution is -0.00911. The number of carbonyl (C=O) groups is 1. The molecule has 5 nitrogen and oxygen atoms in total. The fourth-order valence-electron chi connectivity index (χ4n) is 5.22. The minimum Gasteiger partial charge on any atom is -0.444 e. The molecular formula is C22H41N3O2. The van der Waals surface area contributed by atoms with Gasteiger partial charge >= 0.3 is 6.09 Å². The number of carbonyl (C=O) groups excluding carboxylic acids is 1. The van der Waals surface area contributed by atoms with E-state index in [1.54, 1.807) is 0 Å². The molecule has 3 rings (SSSR count). The highest BCUT2D eigenvalue weighted by atomic mass is 16.6. The summed E-state index contributed by atoms with van der Waals surface area (Å²) >= 11 is 0. The molecule has 2 unspecified atom stereocenters. The standard InChI is InChI=1S/C22H41N3O2/c1-22(2,3)27-21(26)25-16-14-24(15-17-25)20-19(12-9-13-23-20)18-10-7-5-4-6-8-11-18/h18-20,23H,4-17H2,1-3H3. The molecule has 1 N–H and O–H groups in total. The molecule has 3 fully saturated rings. The normalized spacial score (nSPS) is 29.8. The molecule has 156 valence electrons. The highest BCUT2D eigenvalue weighted by Gasteiger charge is 2.37. The van der Waals surface area contributed by atoms with E-state index in [-0.39, 0.29) is 6.09 Å². The highest BCUT2D eigenvalue weighted by Crippen LogP contribution is 2.35.